The zero-order valence-corrected chi connectivity index (χ0v) is 10.8. The molecule has 2 aromatic rings. The van der Waals surface area contributed by atoms with Gasteiger partial charge < -0.3 is 10.7 Å². The number of carbonyl (C=O) groups excluding carboxylic acids is 1. The van der Waals surface area contributed by atoms with Gasteiger partial charge in [0.15, 0.2) is 0 Å². The van der Waals surface area contributed by atoms with Gasteiger partial charge in [-0.3, -0.25) is 4.79 Å². The fourth-order valence-electron chi connectivity index (χ4n) is 1.95. The van der Waals surface area contributed by atoms with Crippen LogP contribution in [0.15, 0.2) is 42.5 Å². The van der Waals surface area contributed by atoms with Crippen LogP contribution in [0.3, 0.4) is 0 Å². The first kappa shape index (κ1) is 13.0. The molecule has 0 saturated heterocycles. The summed E-state index contributed by atoms with van der Waals surface area (Å²) in [6.07, 6.45) is 2.10. The van der Waals surface area contributed by atoms with E-state index in [1.165, 1.54) is 17.3 Å². The lowest BCUT2D eigenvalue weighted by Gasteiger charge is -2.10. The number of hydrogen-bond acceptors (Lipinski definition) is 3. The van der Waals surface area contributed by atoms with Crippen molar-refractivity contribution >= 4 is 18.2 Å². The Morgan fingerprint density at radius 3 is 2.74 bits per heavy atom. The topological polar surface area (TPSA) is 53.0 Å². The van der Waals surface area contributed by atoms with Gasteiger partial charge >= 0.3 is 0 Å². The van der Waals surface area contributed by atoms with Crippen molar-refractivity contribution in [3.8, 4) is 0 Å². The average Bonchev–Trinajstić information content (AvgIpc) is 2.45. The van der Waals surface area contributed by atoms with Gasteiger partial charge in [0.05, 0.1) is 0 Å². The molecule has 3 heteroatoms. The number of hydrogen-bond donors (Lipinski definition) is 2. The Bertz CT molecular complexity index is 605. The van der Waals surface area contributed by atoms with Gasteiger partial charge in [0.2, 0.25) is 0 Å². The first-order valence-electron chi connectivity index (χ1n) is 6.12. The van der Waals surface area contributed by atoms with Crippen LogP contribution in [0.25, 0.3) is 0 Å². The first-order valence-corrected chi connectivity index (χ1v) is 6.12. The summed E-state index contributed by atoms with van der Waals surface area (Å²) in [5, 5.41) is 10.6. The average molecular weight is 252 g/mol. The van der Waals surface area contributed by atoms with Gasteiger partial charge in [0.25, 0.3) is 0 Å². The highest BCUT2D eigenvalue weighted by Gasteiger charge is 2.02. The monoisotopic (exact) mass is 252 g/mol. The SMILES string of the molecule is Cc1cccc(CNc2cc(C=O)ccc2C=N)c1. The van der Waals surface area contributed by atoms with E-state index < -0.39 is 0 Å². The van der Waals surface area contributed by atoms with E-state index in [1.54, 1.807) is 18.2 Å². The number of aryl methyl sites for hydroxylation is 1. The summed E-state index contributed by atoms with van der Waals surface area (Å²) in [6, 6.07) is 13.5. The molecule has 2 N–H and O–H groups in total. The molecule has 0 heterocycles. The normalized spacial score (nSPS) is 9.95. The molecule has 3 nitrogen and oxygen atoms in total. The second-order valence-electron chi connectivity index (χ2n) is 4.45. The molecule has 0 spiro atoms. The molecule has 0 aliphatic heterocycles. The minimum Gasteiger partial charge on any atom is -0.380 e. The highest BCUT2D eigenvalue weighted by atomic mass is 16.1. The highest BCUT2D eigenvalue weighted by molar-refractivity contribution is 5.89. The molecule has 0 fully saturated rings. The van der Waals surface area contributed by atoms with Gasteiger partial charge in [-0.05, 0) is 18.6 Å². The van der Waals surface area contributed by atoms with Crippen molar-refractivity contribution in [1.82, 2.24) is 0 Å². The predicted octanol–water partition coefficient (Wildman–Crippen LogP) is 3.42. The van der Waals surface area contributed by atoms with Gasteiger partial charge in [-0.25, -0.2) is 0 Å². The smallest absolute Gasteiger partial charge is 0.150 e. The van der Waals surface area contributed by atoms with Gasteiger partial charge in [0, 0.05) is 29.6 Å². The van der Waals surface area contributed by atoms with Crippen LogP contribution in [0.5, 0.6) is 0 Å². The number of carbonyl (C=O) groups is 1. The highest BCUT2D eigenvalue weighted by Crippen LogP contribution is 2.17. The van der Waals surface area contributed by atoms with E-state index >= 15 is 0 Å². The maximum atomic E-state index is 10.8. The Labute approximate surface area is 112 Å². The first-order chi connectivity index (χ1) is 9.22. The summed E-state index contributed by atoms with van der Waals surface area (Å²) in [5.74, 6) is 0. The van der Waals surface area contributed by atoms with E-state index in [2.05, 4.69) is 24.4 Å². The maximum absolute atomic E-state index is 10.8. The van der Waals surface area contributed by atoms with E-state index in [0.29, 0.717) is 12.1 Å². The third kappa shape index (κ3) is 3.28. The van der Waals surface area contributed by atoms with Gasteiger partial charge in [-0.15, -0.1) is 0 Å². The Hall–Kier alpha value is -2.42. The number of anilines is 1. The second kappa shape index (κ2) is 5.96. The summed E-state index contributed by atoms with van der Waals surface area (Å²) in [5.41, 5.74) is 4.58. The predicted molar refractivity (Wildman–Crippen MR) is 78.2 cm³/mol. The lowest BCUT2D eigenvalue weighted by Crippen LogP contribution is -2.03. The van der Waals surface area contributed by atoms with Crippen LogP contribution in [-0.2, 0) is 6.54 Å². The van der Waals surface area contributed by atoms with Crippen LogP contribution in [-0.4, -0.2) is 12.5 Å². The van der Waals surface area contributed by atoms with Crippen molar-refractivity contribution in [1.29, 1.82) is 5.41 Å². The molecule has 0 bridgehead atoms. The van der Waals surface area contributed by atoms with Crippen molar-refractivity contribution < 1.29 is 4.79 Å². The minimum atomic E-state index is 0.609. The number of nitrogens with one attached hydrogen (secondary N) is 2. The fourth-order valence-corrected chi connectivity index (χ4v) is 1.95. The summed E-state index contributed by atoms with van der Waals surface area (Å²) < 4.78 is 0. The molecule has 0 saturated carbocycles. The summed E-state index contributed by atoms with van der Waals surface area (Å²) in [7, 11) is 0. The van der Waals surface area contributed by atoms with Crippen LogP contribution < -0.4 is 5.32 Å². The van der Waals surface area contributed by atoms with Crippen LogP contribution >= 0.6 is 0 Å². The van der Waals surface area contributed by atoms with Crippen LogP contribution in [0.1, 0.15) is 27.0 Å². The molecule has 0 amide bonds. The third-order valence-corrected chi connectivity index (χ3v) is 2.93. The van der Waals surface area contributed by atoms with E-state index in [0.717, 1.165) is 17.5 Å². The molecule has 96 valence electrons. The van der Waals surface area contributed by atoms with Crippen molar-refractivity contribution in [2.75, 3.05) is 5.32 Å². The fraction of sp³-hybridized carbons (Fsp3) is 0.125. The number of benzene rings is 2. The van der Waals surface area contributed by atoms with E-state index in [-0.39, 0.29) is 0 Å². The number of rotatable bonds is 5. The van der Waals surface area contributed by atoms with E-state index in [4.69, 9.17) is 5.41 Å². The number of aldehydes is 1. The van der Waals surface area contributed by atoms with Crippen molar-refractivity contribution in [2.45, 2.75) is 13.5 Å². The largest absolute Gasteiger partial charge is 0.380 e. The van der Waals surface area contributed by atoms with Crippen molar-refractivity contribution in [3.05, 3.63) is 64.7 Å². The Kier molecular flexibility index (Phi) is 4.08. The standard InChI is InChI=1S/C16H16N2O/c1-12-3-2-4-13(7-12)10-18-16-8-14(11-19)5-6-15(16)9-17/h2-9,11,17-18H,10H2,1H3. The van der Waals surface area contributed by atoms with Gasteiger partial charge in [-0.2, -0.15) is 0 Å². The van der Waals surface area contributed by atoms with Crippen molar-refractivity contribution in [2.24, 2.45) is 0 Å². The Morgan fingerprint density at radius 1 is 1.21 bits per heavy atom. The lowest BCUT2D eigenvalue weighted by molar-refractivity contribution is 0.112. The van der Waals surface area contributed by atoms with Crippen LogP contribution in [0.4, 0.5) is 5.69 Å². The molecule has 2 rings (SSSR count). The lowest BCUT2D eigenvalue weighted by atomic mass is 10.1. The zero-order valence-electron chi connectivity index (χ0n) is 10.8. The molecule has 0 unspecified atom stereocenters. The Balaban J connectivity index is 2.18. The van der Waals surface area contributed by atoms with Gasteiger partial charge in [-0.1, -0.05) is 42.0 Å². The molecule has 0 aliphatic carbocycles. The summed E-state index contributed by atoms with van der Waals surface area (Å²) in [4.78, 5) is 10.8. The second-order valence-corrected chi connectivity index (χ2v) is 4.45. The van der Waals surface area contributed by atoms with Crippen LogP contribution in [0.2, 0.25) is 0 Å². The minimum absolute atomic E-state index is 0.609. The maximum Gasteiger partial charge on any atom is 0.150 e. The van der Waals surface area contributed by atoms with Gasteiger partial charge in [0.1, 0.15) is 6.29 Å². The molecular formula is C16H16N2O. The zero-order chi connectivity index (χ0) is 13.7. The molecule has 0 aliphatic rings. The molecule has 2 aromatic carbocycles. The summed E-state index contributed by atoms with van der Waals surface area (Å²) in [6.45, 7) is 2.73. The molecule has 19 heavy (non-hydrogen) atoms. The molecular weight excluding hydrogens is 236 g/mol. The van der Waals surface area contributed by atoms with E-state index in [9.17, 15) is 4.79 Å². The Morgan fingerprint density at radius 2 is 2.05 bits per heavy atom. The third-order valence-electron chi connectivity index (χ3n) is 2.93. The summed E-state index contributed by atoms with van der Waals surface area (Å²) >= 11 is 0. The molecule has 0 radical (unpaired) electrons. The quantitative estimate of drug-likeness (QED) is 0.633. The molecule has 0 aromatic heterocycles. The molecule has 0 atom stereocenters. The van der Waals surface area contributed by atoms with Crippen LogP contribution in [0, 0.1) is 12.3 Å². The van der Waals surface area contributed by atoms with Crippen molar-refractivity contribution in [3.63, 3.8) is 0 Å². The van der Waals surface area contributed by atoms with E-state index in [1.807, 2.05) is 12.1 Å².